The summed E-state index contributed by atoms with van der Waals surface area (Å²) >= 11 is 0. The average Bonchev–Trinajstić information content (AvgIpc) is 2.44. The van der Waals surface area contributed by atoms with Gasteiger partial charge in [0, 0.05) is 24.1 Å². The zero-order valence-corrected chi connectivity index (χ0v) is 12.2. The first-order chi connectivity index (χ1) is 10.4. The van der Waals surface area contributed by atoms with Crippen LogP contribution in [-0.2, 0) is 6.42 Å². The molecule has 2 aromatic rings. The molecule has 0 saturated carbocycles. The van der Waals surface area contributed by atoms with Crippen molar-refractivity contribution in [2.24, 2.45) is 0 Å². The molecule has 0 aliphatic carbocycles. The fourth-order valence-corrected chi connectivity index (χ4v) is 2.21. The van der Waals surface area contributed by atoms with Crippen LogP contribution in [0.3, 0.4) is 0 Å². The maximum Gasteiger partial charge on any atom is 0.511 e. The van der Waals surface area contributed by atoms with Gasteiger partial charge in [0.1, 0.15) is 5.75 Å². The SMILES string of the molecule is Cc1ccc(C)c(Cc2cc([N+](=O)[O-])ccc2OC(=O)O)c1. The summed E-state index contributed by atoms with van der Waals surface area (Å²) in [5.41, 5.74) is 3.42. The Bertz CT molecular complexity index is 739. The van der Waals surface area contributed by atoms with E-state index < -0.39 is 11.1 Å². The van der Waals surface area contributed by atoms with Gasteiger partial charge in [0.05, 0.1) is 4.92 Å². The Morgan fingerprint density at radius 1 is 1.18 bits per heavy atom. The quantitative estimate of drug-likeness (QED) is 0.401. The van der Waals surface area contributed by atoms with E-state index in [0.29, 0.717) is 12.0 Å². The molecule has 2 rings (SSSR count). The molecule has 1 N–H and O–H groups in total. The second-order valence-corrected chi connectivity index (χ2v) is 5.02. The van der Waals surface area contributed by atoms with E-state index in [-0.39, 0.29) is 11.4 Å². The van der Waals surface area contributed by atoms with E-state index in [1.165, 1.54) is 18.2 Å². The highest BCUT2D eigenvalue weighted by atomic mass is 16.7. The van der Waals surface area contributed by atoms with Crippen LogP contribution in [0.4, 0.5) is 10.5 Å². The molecule has 0 amide bonds. The van der Waals surface area contributed by atoms with Crippen LogP contribution >= 0.6 is 0 Å². The molecule has 0 heterocycles. The molecule has 0 atom stereocenters. The monoisotopic (exact) mass is 301 g/mol. The minimum absolute atomic E-state index is 0.0990. The zero-order valence-electron chi connectivity index (χ0n) is 12.2. The summed E-state index contributed by atoms with van der Waals surface area (Å²) in [7, 11) is 0. The van der Waals surface area contributed by atoms with Gasteiger partial charge in [-0.05, 0) is 31.0 Å². The second-order valence-electron chi connectivity index (χ2n) is 5.02. The van der Waals surface area contributed by atoms with E-state index in [2.05, 4.69) is 0 Å². The van der Waals surface area contributed by atoms with Gasteiger partial charge in [-0.2, -0.15) is 0 Å². The molecule has 22 heavy (non-hydrogen) atoms. The number of nitrogens with zero attached hydrogens (tertiary/aromatic N) is 1. The van der Waals surface area contributed by atoms with Crippen LogP contribution in [0.1, 0.15) is 22.3 Å². The third-order valence-corrected chi connectivity index (χ3v) is 3.34. The predicted molar refractivity (Wildman–Crippen MR) is 80.5 cm³/mol. The molecule has 6 heteroatoms. The van der Waals surface area contributed by atoms with Gasteiger partial charge >= 0.3 is 6.16 Å². The summed E-state index contributed by atoms with van der Waals surface area (Å²) in [6, 6.07) is 9.79. The van der Waals surface area contributed by atoms with E-state index in [1.54, 1.807) is 0 Å². The van der Waals surface area contributed by atoms with Crippen LogP contribution < -0.4 is 4.74 Å². The molecule has 0 unspecified atom stereocenters. The summed E-state index contributed by atoms with van der Waals surface area (Å²) < 4.78 is 4.72. The van der Waals surface area contributed by atoms with E-state index in [1.807, 2.05) is 32.0 Å². The number of rotatable bonds is 4. The number of hydrogen-bond acceptors (Lipinski definition) is 4. The highest BCUT2D eigenvalue weighted by molar-refractivity contribution is 5.63. The van der Waals surface area contributed by atoms with Gasteiger partial charge < -0.3 is 9.84 Å². The topological polar surface area (TPSA) is 89.7 Å². The van der Waals surface area contributed by atoms with Crippen molar-refractivity contribution >= 4 is 11.8 Å². The molecular weight excluding hydrogens is 286 g/mol. The van der Waals surface area contributed by atoms with Crippen LogP contribution in [0.2, 0.25) is 0 Å². The molecule has 0 bridgehead atoms. The number of benzene rings is 2. The number of nitro benzene ring substituents is 1. The van der Waals surface area contributed by atoms with Crippen molar-refractivity contribution in [2.45, 2.75) is 20.3 Å². The zero-order chi connectivity index (χ0) is 16.3. The van der Waals surface area contributed by atoms with Crippen LogP contribution in [0, 0.1) is 24.0 Å². The van der Waals surface area contributed by atoms with Crippen molar-refractivity contribution in [3.8, 4) is 5.75 Å². The first kappa shape index (κ1) is 15.5. The minimum Gasteiger partial charge on any atom is -0.449 e. The smallest absolute Gasteiger partial charge is 0.449 e. The summed E-state index contributed by atoms with van der Waals surface area (Å²) in [5.74, 6) is 0.110. The Balaban J connectivity index is 2.46. The third kappa shape index (κ3) is 3.60. The van der Waals surface area contributed by atoms with Crippen molar-refractivity contribution in [1.82, 2.24) is 0 Å². The van der Waals surface area contributed by atoms with Gasteiger partial charge in [0.15, 0.2) is 0 Å². The number of aryl methyl sites for hydroxylation is 2. The van der Waals surface area contributed by atoms with Crippen molar-refractivity contribution in [1.29, 1.82) is 0 Å². The van der Waals surface area contributed by atoms with Gasteiger partial charge in [-0.25, -0.2) is 4.79 Å². The first-order valence-corrected chi connectivity index (χ1v) is 6.61. The third-order valence-electron chi connectivity index (χ3n) is 3.34. The van der Waals surface area contributed by atoms with Gasteiger partial charge in [0.25, 0.3) is 5.69 Å². The summed E-state index contributed by atoms with van der Waals surface area (Å²) in [5, 5.41) is 19.7. The maximum atomic E-state index is 10.9. The molecule has 0 aromatic heterocycles. The molecule has 0 aliphatic rings. The highest BCUT2D eigenvalue weighted by Crippen LogP contribution is 2.28. The number of ether oxygens (including phenoxy) is 1. The largest absolute Gasteiger partial charge is 0.511 e. The van der Waals surface area contributed by atoms with Crippen LogP contribution in [0.15, 0.2) is 36.4 Å². The molecule has 6 nitrogen and oxygen atoms in total. The number of carbonyl (C=O) groups is 1. The van der Waals surface area contributed by atoms with E-state index in [9.17, 15) is 14.9 Å². The molecule has 0 radical (unpaired) electrons. The molecular formula is C16H15NO5. The van der Waals surface area contributed by atoms with Crippen molar-refractivity contribution in [3.63, 3.8) is 0 Å². The number of hydrogen-bond donors (Lipinski definition) is 1. The lowest BCUT2D eigenvalue weighted by Crippen LogP contribution is -2.06. The fraction of sp³-hybridized carbons (Fsp3) is 0.188. The molecule has 0 aliphatic heterocycles. The van der Waals surface area contributed by atoms with Crippen LogP contribution in [-0.4, -0.2) is 16.2 Å². The van der Waals surface area contributed by atoms with Gasteiger partial charge in [0.2, 0.25) is 0 Å². The summed E-state index contributed by atoms with van der Waals surface area (Å²) in [6.45, 7) is 3.88. The Morgan fingerprint density at radius 2 is 1.91 bits per heavy atom. The fourth-order valence-electron chi connectivity index (χ4n) is 2.21. The lowest BCUT2D eigenvalue weighted by Gasteiger charge is -2.11. The lowest BCUT2D eigenvalue weighted by atomic mass is 9.98. The summed E-state index contributed by atoms with van der Waals surface area (Å²) in [4.78, 5) is 21.1. The van der Waals surface area contributed by atoms with E-state index >= 15 is 0 Å². The Morgan fingerprint density at radius 3 is 2.55 bits per heavy atom. The number of carboxylic acid groups (broad SMARTS) is 1. The molecule has 0 spiro atoms. The Kier molecular flexibility index (Phi) is 4.41. The Labute approximate surface area is 127 Å². The van der Waals surface area contributed by atoms with Crippen molar-refractivity contribution in [3.05, 3.63) is 68.8 Å². The van der Waals surface area contributed by atoms with Crippen LogP contribution in [0.5, 0.6) is 5.75 Å². The van der Waals surface area contributed by atoms with Crippen molar-refractivity contribution < 1.29 is 19.6 Å². The second kappa shape index (κ2) is 6.26. The standard InChI is InChI=1S/C16H15NO5/c1-10-3-4-11(2)12(7-10)8-13-9-14(17(20)21)5-6-15(13)22-16(18)19/h3-7,9H,8H2,1-2H3,(H,18,19). The molecule has 114 valence electrons. The van der Waals surface area contributed by atoms with E-state index in [4.69, 9.17) is 9.84 Å². The van der Waals surface area contributed by atoms with Gasteiger partial charge in [-0.3, -0.25) is 10.1 Å². The molecule has 0 saturated heterocycles. The molecule has 0 fully saturated rings. The van der Waals surface area contributed by atoms with Crippen LogP contribution in [0.25, 0.3) is 0 Å². The predicted octanol–water partition coefficient (Wildman–Crippen LogP) is 3.86. The van der Waals surface area contributed by atoms with Crippen molar-refractivity contribution in [2.75, 3.05) is 0 Å². The highest BCUT2D eigenvalue weighted by Gasteiger charge is 2.15. The van der Waals surface area contributed by atoms with Gasteiger partial charge in [-0.15, -0.1) is 0 Å². The maximum absolute atomic E-state index is 10.9. The Hall–Kier alpha value is -2.89. The minimum atomic E-state index is -1.45. The average molecular weight is 301 g/mol. The lowest BCUT2D eigenvalue weighted by molar-refractivity contribution is -0.384. The first-order valence-electron chi connectivity index (χ1n) is 6.61. The van der Waals surface area contributed by atoms with Gasteiger partial charge in [-0.1, -0.05) is 23.8 Å². The number of non-ortho nitro benzene ring substituents is 1. The molecule has 2 aromatic carbocycles. The normalized spacial score (nSPS) is 10.3. The van der Waals surface area contributed by atoms with E-state index in [0.717, 1.165) is 16.7 Å². The number of nitro groups is 1. The summed E-state index contributed by atoms with van der Waals surface area (Å²) in [6.07, 6.45) is -1.09.